The van der Waals surface area contributed by atoms with E-state index < -0.39 is 0 Å². The monoisotopic (exact) mass is 284 g/mol. The Kier molecular flexibility index (Phi) is 3.97. The van der Waals surface area contributed by atoms with Crippen LogP contribution in [0.5, 0.6) is 6.01 Å². The first kappa shape index (κ1) is 13.4. The Hall–Kier alpha value is -2.60. The molecule has 0 spiro atoms. The molecule has 0 saturated heterocycles. The lowest BCUT2D eigenvalue weighted by molar-refractivity contribution is 0.246. The van der Waals surface area contributed by atoms with E-state index in [1.54, 1.807) is 11.0 Å². The summed E-state index contributed by atoms with van der Waals surface area (Å²) in [5, 5.41) is 7.30. The highest BCUT2D eigenvalue weighted by Crippen LogP contribution is 2.12. The summed E-state index contributed by atoms with van der Waals surface area (Å²) in [5.74, 6) is 1.62. The first-order chi connectivity index (χ1) is 10.3. The van der Waals surface area contributed by atoms with Gasteiger partial charge in [-0.15, -0.1) is 5.10 Å². The fraction of sp³-hybridized carbons (Fsp3) is 0.200. The van der Waals surface area contributed by atoms with E-state index in [1.165, 1.54) is 0 Å². The molecule has 0 atom stereocenters. The van der Waals surface area contributed by atoms with E-state index in [1.807, 2.05) is 49.5 Å². The number of aromatic nitrogens is 3. The third-order valence-corrected chi connectivity index (χ3v) is 2.90. The predicted octanol–water partition coefficient (Wildman–Crippen LogP) is 2.16. The fourth-order valence-electron chi connectivity index (χ4n) is 1.92. The van der Waals surface area contributed by atoms with Crippen LogP contribution in [0, 0.1) is 0 Å². The number of rotatable bonds is 6. The number of hydrogen-bond acceptors (Lipinski definition) is 5. The predicted molar refractivity (Wildman–Crippen MR) is 77.2 cm³/mol. The number of nitrogens with one attached hydrogen (secondary N) is 1. The van der Waals surface area contributed by atoms with Crippen LogP contribution in [0.4, 0.5) is 0 Å². The highest BCUT2D eigenvalue weighted by Gasteiger charge is 2.06. The molecule has 0 amide bonds. The van der Waals surface area contributed by atoms with E-state index in [0.29, 0.717) is 19.2 Å². The third-order valence-electron chi connectivity index (χ3n) is 2.90. The van der Waals surface area contributed by atoms with Crippen molar-refractivity contribution in [2.75, 3.05) is 7.05 Å². The number of furan rings is 1. The van der Waals surface area contributed by atoms with Crippen LogP contribution in [-0.2, 0) is 13.2 Å². The summed E-state index contributed by atoms with van der Waals surface area (Å²) in [4.78, 5) is 4.13. The molecule has 1 aromatic carbocycles. The van der Waals surface area contributed by atoms with Crippen molar-refractivity contribution >= 4 is 0 Å². The molecule has 0 saturated carbocycles. The summed E-state index contributed by atoms with van der Waals surface area (Å²) in [7, 11) is 1.87. The Bertz CT molecular complexity index is 691. The van der Waals surface area contributed by atoms with Crippen LogP contribution < -0.4 is 10.1 Å². The van der Waals surface area contributed by atoms with Gasteiger partial charge in [0.2, 0.25) is 0 Å². The number of nitrogens with zero attached hydrogens (tertiary/aromatic N) is 3. The van der Waals surface area contributed by atoms with E-state index in [4.69, 9.17) is 9.15 Å². The first-order valence-electron chi connectivity index (χ1n) is 6.67. The Morgan fingerprint density at radius 1 is 1.14 bits per heavy atom. The second-order valence-corrected chi connectivity index (χ2v) is 4.49. The molecule has 1 N–H and O–H groups in total. The second kappa shape index (κ2) is 6.23. The minimum absolute atomic E-state index is 0.308. The first-order valence-corrected chi connectivity index (χ1v) is 6.67. The van der Waals surface area contributed by atoms with Crippen molar-refractivity contribution in [2.24, 2.45) is 0 Å². The molecule has 21 heavy (non-hydrogen) atoms. The molecule has 0 unspecified atom stereocenters. The molecule has 2 aromatic heterocycles. The minimum Gasteiger partial charge on any atom is -0.461 e. The molecule has 6 nitrogen and oxygen atoms in total. The zero-order valence-corrected chi connectivity index (χ0v) is 11.7. The van der Waals surface area contributed by atoms with Crippen molar-refractivity contribution in [2.45, 2.75) is 13.2 Å². The van der Waals surface area contributed by atoms with Crippen molar-refractivity contribution in [3.63, 3.8) is 0 Å². The molecular weight excluding hydrogens is 268 g/mol. The van der Waals surface area contributed by atoms with Gasteiger partial charge < -0.3 is 14.5 Å². The van der Waals surface area contributed by atoms with Gasteiger partial charge >= 0.3 is 6.01 Å². The van der Waals surface area contributed by atoms with Crippen LogP contribution in [-0.4, -0.2) is 21.8 Å². The van der Waals surface area contributed by atoms with Gasteiger partial charge in [0.25, 0.3) is 0 Å². The molecule has 2 heterocycles. The van der Waals surface area contributed by atoms with Crippen molar-refractivity contribution in [1.29, 1.82) is 0 Å². The summed E-state index contributed by atoms with van der Waals surface area (Å²) >= 11 is 0. The normalized spacial score (nSPS) is 10.7. The lowest BCUT2D eigenvalue weighted by Crippen LogP contribution is -2.03. The highest BCUT2D eigenvalue weighted by atomic mass is 16.5. The molecule has 0 aliphatic heterocycles. The molecule has 0 aliphatic carbocycles. The van der Waals surface area contributed by atoms with Crippen molar-refractivity contribution in [3.05, 3.63) is 60.3 Å². The summed E-state index contributed by atoms with van der Waals surface area (Å²) in [5.41, 5.74) is 0.939. The van der Waals surface area contributed by atoms with Crippen LogP contribution in [0.2, 0.25) is 0 Å². The number of hydrogen-bond donors (Lipinski definition) is 1. The summed E-state index contributed by atoms with van der Waals surface area (Å²) in [6.45, 7) is 1.00. The van der Waals surface area contributed by atoms with Gasteiger partial charge in [0.05, 0.1) is 12.2 Å². The number of benzene rings is 1. The Morgan fingerprint density at radius 2 is 1.95 bits per heavy atom. The topological polar surface area (TPSA) is 65.1 Å². The van der Waals surface area contributed by atoms with Crippen LogP contribution in [0.25, 0.3) is 5.69 Å². The average Bonchev–Trinajstić information content (AvgIpc) is 3.16. The average molecular weight is 284 g/mol. The van der Waals surface area contributed by atoms with Crippen molar-refractivity contribution in [1.82, 2.24) is 20.1 Å². The smallest absolute Gasteiger partial charge is 0.336 e. The largest absolute Gasteiger partial charge is 0.461 e. The van der Waals surface area contributed by atoms with Gasteiger partial charge in [0, 0.05) is 0 Å². The third kappa shape index (κ3) is 3.29. The number of ether oxygens (including phenoxy) is 1. The van der Waals surface area contributed by atoms with Gasteiger partial charge in [-0.25, -0.2) is 4.68 Å². The Labute approximate surface area is 122 Å². The van der Waals surface area contributed by atoms with Crippen LogP contribution in [0.1, 0.15) is 11.5 Å². The second-order valence-electron chi connectivity index (χ2n) is 4.49. The van der Waals surface area contributed by atoms with Gasteiger partial charge in [-0.05, 0) is 31.3 Å². The highest BCUT2D eigenvalue weighted by molar-refractivity contribution is 5.29. The van der Waals surface area contributed by atoms with E-state index in [9.17, 15) is 0 Å². The van der Waals surface area contributed by atoms with Crippen molar-refractivity contribution < 1.29 is 9.15 Å². The maximum Gasteiger partial charge on any atom is 0.336 e. The van der Waals surface area contributed by atoms with Gasteiger partial charge in [0.15, 0.2) is 0 Å². The van der Waals surface area contributed by atoms with Gasteiger partial charge in [0.1, 0.15) is 24.5 Å². The Balaban J connectivity index is 1.62. The van der Waals surface area contributed by atoms with Crippen LogP contribution in [0.3, 0.4) is 0 Å². The fourth-order valence-corrected chi connectivity index (χ4v) is 1.92. The summed E-state index contributed by atoms with van der Waals surface area (Å²) in [6.07, 6.45) is 1.62. The molecule has 6 heteroatoms. The van der Waals surface area contributed by atoms with Crippen molar-refractivity contribution in [3.8, 4) is 11.7 Å². The molecule has 108 valence electrons. The molecule has 0 aliphatic rings. The molecule has 3 rings (SSSR count). The minimum atomic E-state index is 0.308. The van der Waals surface area contributed by atoms with E-state index >= 15 is 0 Å². The molecule has 0 radical (unpaired) electrons. The molecule has 3 aromatic rings. The standard InChI is InChI=1S/C15H16N4O2/c1-16-9-13-7-8-14(21-13)10-20-15-17-11-19(18-15)12-5-3-2-4-6-12/h2-8,11,16H,9-10H2,1H3. The molecular formula is C15H16N4O2. The van der Waals surface area contributed by atoms with Gasteiger partial charge in [-0.2, -0.15) is 4.98 Å². The van der Waals surface area contributed by atoms with Crippen LogP contribution >= 0.6 is 0 Å². The number of para-hydroxylation sites is 1. The zero-order chi connectivity index (χ0) is 14.5. The van der Waals surface area contributed by atoms with Gasteiger partial charge in [-0.1, -0.05) is 18.2 Å². The van der Waals surface area contributed by atoms with E-state index in [2.05, 4.69) is 15.4 Å². The summed E-state index contributed by atoms with van der Waals surface area (Å²) < 4.78 is 12.8. The summed E-state index contributed by atoms with van der Waals surface area (Å²) in [6, 6.07) is 13.9. The lowest BCUT2D eigenvalue weighted by atomic mass is 10.3. The maximum atomic E-state index is 5.59. The zero-order valence-electron chi connectivity index (χ0n) is 11.7. The Morgan fingerprint density at radius 3 is 2.76 bits per heavy atom. The van der Waals surface area contributed by atoms with E-state index in [0.717, 1.165) is 17.2 Å². The quantitative estimate of drug-likeness (QED) is 0.751. The molecule has 0 fully saturated rings. The lowest BCUT2D eigenvalue weighted by Gasteiger charge is -2.00. The van der Waals surface area contributed by atoms with Crippen LogP contribution in [0.15, 0.2) is 53.2 Å². The van der Waals surface area contributed by atoms with E-state index in [-0.39, 0.29) is 0 Å². The maximum absolute atomic E-state index is 5.59. The van der Waals surface area contributed by atoms with Gasteiger partial charge in [-0.3, -0.25) is 0 Å². The SMILES string of the molecule is CNCc1ccc(COc2ncn(-c3ccccc3)n2)o1. The molecule has 0 bridgehead atoms.